The quantitative estimate of drug-likeness (QED) is 0.837. The minimum Gasteiger partial charge on any atom is -0.507 e. The number of hydrogen-bond donors (Lipinski definition) is 2. The van der Waals surface area contributed by atoms with Crippen molar-refractivity contribution in [2.24, 2.45) is 5.92 Å². The average molecular weight is 332 g/mol. The number of benzene rings is 1. The lowest BCUT2D eigenvalue weighted by atomic mass is 9.78. The Bertz CT molecular complexity index is 566. The van der Waals surface area contributed by atoms with Crippen LogP contribution in [0.2, 0.25) is 0 Å². The molecule has 1 saturated carbocycles. The molecule has 2 N–H and O–H groups in total. The molecule has 1 aromatic rings. The zero-order chi connectivity index (χ0) is 18.1. The molecule has 1 aliphatic rings. The van der Waals surface area contributed by atoms with Crippen LogP contribution in [-0.2, 0) is 22.0 Å². The zero-order valence-electron chi connectivity index (χ0n) is 16.1. The van der Waals surface area contributed by atoms with Crippen LogP contribution in [0.15, 0.2) is 12.1 Å². The molecule has 0 radical (unpaired) electrons. The summed E-state index contributed by atoms with van der Waals surface area (Å²) in [4.78, 5) is 12.0. The van der Waals surface area contributed by atoms with Gasteiger partial charge in [0, 0.05) is 13.0 Å². The molecule has 1 fully saturated rings. The largest absolute Gasteiger partial charge is 0.507 e. The first-order chi connectivity index (χ1) is 11.0. The average Bonchev–Trinajstić information content (AvgIpc) is 3.25. The monoisotopic (exact) mass is 331 g/mol. The minimum absolute atomic E-state index is 0.129. The van der Waals surface area contributed by atoms with E-state index < -0.39 is 0 Å². The summed E-state index contributed by atoms with van der Waals surface area (Å²) in [6.45, 7) is 13.5. The smallest absolute Gasteiger partial charge is 0.220 e. The van der Waals surface area contributed by atoms with Gasteiger partial charge in [-0.15, -0.1) is 0 Å². The third kappa shape index (κ3) is 4.99. The van der Waals surface area contributed by atoms with E-state index in [0.717, 1.165) is 23.2 Å². The van der Waals surface area contributed by atoms with E-state index in [2.05, 4.69) is 59.0 Å². The van der Waals surface area contributed by atoms with Gasteiger partial charge in [-0.05, 0) is 52.7 Å². The molecule has 0 atom stereocenters. The molecule has 0 unspecified atom stereocenters. The summed E-state index contributed by atoms with van der Waals surface area (Å²) in [5.74, 6) is 1.24. The number of rotatable bonds is 5. The van der Waals surface area contributed by atoms with Crippen molar-refractivity contribution in [3.8, 4) is 5.75 Å². The number of hydrogen-bond acceptors (Lipinski definition) is 2. The van der Waals surface area contributed by atoms with E-state index in [1.54, 1.807) is 0 Å². The Hall–Kier alpha value is -1.51. The fourth-order valence-electron chi connectivity index (χ4n) is 2.91. The van der Waals surface area contributed by atoms with Gasteiger partial charge in [-0.1, -0.05) is 53.7 Å². The van der Waals surface area contributed by atoms with Gasteiger partial charge in [-0.3, -0.25) is 4.79 Å². The lowest BCUT2D eigenvalue weighted by Gasteiger charge is -2.28. The van der Waals surface area contributed by atoms with E-state index in [9.17, 15) is 9.90 Å². The van der Waals surface area contributed by atoms with E-state index >= 15 is 0 Å². The molecule has 1 aliphatic carbocycles. The van der Waals surface area contributed by atoms with Gasteiger partial charge in [-0.2, -0.15) is 0 Å². The summed E-state index contributed by atoms with van der Waals surface area (Å²) in [5, 5.41) is 13.8. The number of phenolic OH excluding ortho intramolecular Hbond substituents is 1. The summed E-state index contributed by atoms with van der Waals surface area (Å²) >= 11 is 0. The minimum atomic E-state index is -0.131. The molecule has 1 amide bonds. The lowest BCUT2D eigenvalue weighted by molar-refractivity contribution is -0.121. The second-order valence-corrected chi connectivity index (χ2v) is 9.29. The van der Waals surface area contributed by atoms with Crippen LogP contribution in [0.4, 0.5) is 0 Å². The summed E-state index contributed by atoms with van der Waals surface area (Å²) in [6, 6.07) is 4.14. The van der Waals surface area contributed by atoms with Crippen molar-refractivity contribution in [2.45, 2.75) is 78.1 Å². The Balaban J connectivity index is 2.17. The Labute approximate surface area is 146 Å². The van der Waals surface area contributed by atoms with Crippen molar-refractivity contribution in [3.05, 3.63) is 28.8 Å². The third-order valence-electron chi connectivity index (χ3n) is 4.71. The third-order valence-corrected chi connectivity index (χ3v) is 4.71. The van der Waals surface area contributed by atoms with Crippen LogP contribution < -0.4 is 5.32 Å². The lowest BCUT2D eigenvalue weighted by Crippen LogP contribution is -2.25. The van der Waals surface area contributed by atoms with Gasteiger partial charge in [0.1, 0.15) is 5.75 Å². The Morgan fingerprint density at radius 2 is 1.58 bits per heavy atom. The molecule has 0 bridgehead atoms. The first-order valence-corrected chi connectivity index (χ1v) is 9.12. The molecule has 0 aliphatic heterocycles. The van der Waals surface area contributed by atoms with Gasteiger partial charge < -0.3 is 10.4 Å². The molecule has 0 spiro atoms. The van der Waals surface area contributed by atoms with Crippen molar-refractivity contribution in [1.82, 2.24) is 5.32 Å². The van der Waals surface area contributed by atoms with Crippen molar-refractivity contribution in [3.63, 3.8) is 0 Å². The molecule has 3 nitrogen and oxygen atoms in total. The standard InChI is InChI=1S/C21H33NO2/c1-20(2,3)16-11-15(12-17(19(16)24)21(4,5)6)9-10-18(23)22-13-14-7-8-14/h11-12,14,24H,7-10,13H2,1-6H3,(H,22,23). The van der Waals surface area contributed by atoms with Gasteiger partial charge in [0.05, 0.1) is 0 Å². The SMILES string of the molecule is CC(C)(C)c1cc(CCC(=O)NCC2CC2)cc(C(C)(C)C)c1O. The van der Waals surface area contributed by atoms with Crippen LogP contribution in [0.1, 0.15) is 77.5 Å². The summed E-state index contributed by atoms with van der Waals surface area (Å²) in [6.07, 6.45) is 3.72. The van der Waals surface area contributed by atoms with Gasteiger partial charge >= 0.3 is 0 Å². The second kappa shape index (κ2) is 6.78. The Kier molecular flexibility index (Phi) is 5.31. The molecular formula is C21H33NO2. The maximum absolute atomic E-state index is 12.0. The van der Waals surface area contributed by atoms with E-state index in [4.69, 9.17) is 0 Å². The fourth-order valence-corrected chi connectivity index (χ4v) is 2.91. The molecule has 0 heterocycles. The van der Waals surface area contributed by atoms with Crippen LogP contribution in [0, 0.1) is 5.92 Å². The molecular weight excluding hydrogens is 298 g/mol. The normalized spacial score (nSPS) is 15.4. The van der Waals surface area contributed by atoms with Crippen LogP contribution in [0.3, 0.4) is 0 Å². The van der Waals surface area contributed by atoms with Crippen LogP contribution in [-0.4, -0.2) is 17.6 Å². The van der Waals surface area contributed by atoms with Crippen molar-refractivity contribution >= 4 is 5.91 Å². The van der Waals surface area contributed by atoms with Gasteiger partial charge in [0.2, 0.25) is 5.91 Å². The molecule has 2 rings (SSSR count). The van der Waals surface area contributed by atoms with Crippen molar-refractivity contribution < 1.29 is 9.90 Å². The van der Waals surface area contributed by atoms with Gasteiger partial charge in [-0.25, -0.2) is 0 Å². The number of nitrogens with one attached hydrogen (secondary N) is 1. The van der Waals surface area contributed by atoms with Gasteiger partial charge in [0.25, 0.3) is 0 Å². The number of aromatic hydroxyl groups is 1. The highest BCUT2D eigenvalue weighted by Crippen LogP contribution is 2.40. The fraction of sp³-hybridized carbons (Fsp3) is 0.667. The highest BCUT2D eigenvalue weighted by Gasteiger charge is 2.26. The van der Waals surface area contributed by atoms with E-state index in [1.807, 2.05) is 0 Å². The van der Waals surface area contributed by atoms with Gasteiger partial charge in [0.15, 0.2) is 0 Å². The van der Waals surface area contributed by atoms with Crippen molar-refractivity contribution in [1.29, 1.82) is 0 Å². The van der Waals surface area contributed by atoms with Crippen LogP contribution in [0.25, 0.3) is 0 Å². The molecule has 0 saturated heterocycles. The van der Waals surface area contributed by atoms with E-state index in [0.29, 0.717) is 24.5 Å². The highest BCUT2D eigenvalue weighted by atomic mass is 16.3. The number of aryl methyl sites for hydroxylation is 1. The summed E-state index contributed by atoms with van der Waals surface area (Å²) in [7, 11) is 0. The first kappa shape index (κ1) is 18.8. The zero-order valence-corrected chi connectivity index (χ0v) is 16.1. The maximum Gasteiger partial charge on any atom is 0.220 e. The number of amides is 1. The Morgan fingerprint density at radius 3 is 2.00 bits per heavy atom. The molecule has 134 valence electrons. The predicted molar refractivity (Wildman–Crippen MR) is 99.6 cm³/mol. The Morgan fingerprint density at radius 1 is 1.08 bits per heavy atom. The molecule has 3 heteroatoms. The van der Waals surface area contributed by atoms with Crippen molar-refractivity contribution in [2.75, 3.05) is 6.54 Å². The maximum atomic E-state index is 12.0. The number of phenols is 1. The first-order valence-electron chi connectivity index (χ1n) is 9.12. The topological polar surface area (TPSA) is 49.3 Å². The van der Waals surface area contributed by atoms with Crippen LogP contribution in [0.5, 0.6) is 5.75 Å². The number of carbonyl (C=O) groups excluding carboxylic acids is 1. The second-order valence-electron chi connectivity index (χ2n) is 9.29. The van der Waals surface area contributed by atoms with E-state index in [-0.39, 0.29) is 16.7 Å². The van der Waals surface area contributed by atoms with E-state index in [1.165, 1.54) is 12.8 Å². The molecule has 24 heavy (non-hydrogen) atoms. The molecule has 0 aromatic heterocycles. The summed E-state index contributed by atoms with van der Waals surface area (Å²) in [5.41, 5.74) is 2.79. The predicted octanol–water partition coefficient (Wildman–Crippen LogP) is 4.45. The summed E-state index contributed by atoms with van der Waals surface area (Å²) < 4.78 is 0. The number of carbonyl (C=O) groups is 1. The molecule has 1 aromatic carbocycles. The van der Waals surface area contributed by atoms with Crippen LogP contribution >= 0.6 is 0 Å². The highest BCUT2D eigenvalue weighted by molar-refractivity contribution is 5.76.